The molecule has 6 nitrogen and oxygen atoms in total. The summed E-state index contributed by atoms with van der Waals surface area (Å²) in [6.07, 6.45) is 0.829. The summed E-state index contributed by atoms with van der Waals surface area (Å²) in [6, 6.07) is 0. The number of carbonyl (C=O) groups is 2. The lowest BCUT2D eigenvalue weighted by atomic mass is 9.90. The van der Waals surface area contributed by atoms with Gasteiger partial charge >= 0.3 is 11.9 Å². The van der Waals surface area contributed by atoms with Gasteiger partial charge in [-0.25, -0.2) is 4.98 Å². The molecule has 1 aromatic rings. The molecule has 0 atom stereocenters. The zero-order chi connectivity index (χ0) is 14.6. The first-order valence-electron chi connectivity index (χ1n) is 5.84. The zero-order valence-electron chi connectivity index (χ0n) is 11.1. The van der Waals surface area contributed by atoms with Crippen molar-refractivity contribution in [2.45, 2.75) is 39.0 Å². The monoisotopic (exact) mass is 283 g/mol. The Balaban J connectivity index is 2.86. The van der Waals surface area contributed by atoms with Crippen LogP contribution in [-0.2, 0) is 19.7 Å². The van der Waals surface area contributed by atoms with Crippen LogP contribution in [0.4, 0.5) is 0 Å². The van der Waals surface area contributed by atoms with Crippen molar-refractivity contribution in [2.75, 3.05) is 0 Å². The normalized spacial score (nSPS) is 11.1. The molecule has 0 aliphatic carbocycles. The van der Waals surface area contributed by atoms with Crippen LogP contribution in [0.25, 0.3) is 0 Å². The zero-order valence-corrected chi connectivity index (χ0v) is 12.0. The minimum absolute atomic E-state index is 0.150. The van der Waals surface area contributed by atoms with Gasteiger partial charge in [0.15, 0.2) is 10.8 Å². The number of thiazole rings is 1. The Morgan fingerprint density at radius 2 is 2.16 bits per heavy atom. The van der Waals surface area contributed by atoms with Crippen LogP contribution < -0.4 is 5.73 Å². The first kappa shape index (κ1) is 15.3. The number of hydrogen-bond donors (Lipinski definition) is 2. The number of amidine groups is 1. The molecular weight excluding hydrogens is 266 g/mol. The molecule has 0 saturated heterocycles. The highest BCUT2D eigenvalue weighted by Crippen LogP contribution is 2.26. The molecule has 19 heavy (non-hydrogen) atoms. The lowest BCUT2D eigenvalue weighted by Crippen LogP contribution is -2.33. The summed E-state index contributed by atoms with van der Waals surface area (Å²) < 4.78 is 4.78. The summed E-state index contributed by atoms with van der Waals surface area (Å²) in [5, 5.41) is 9.27. The fourth-order valence-corrected chi connectivity index (χ4v) is 2.12. The van der Waals surface area contributed by atoms with Crippen molar-refractivity contribution in [3.05, 3.63) is 16.1 Å². The largest absolute Gasteiger partial charge is 0.392 e. The van der Waals surface area contributed by atoms with E-state index >= 15 is 0 Å². The molecule has 0 saturated carbocycles. The average Bonchev–Trinajstić information content (AvgIpc) is 2.78. The third-order valence-electron chi connectivity index (χ3n) is 2.55. The highest BCUT2D eigenvalue weighted by Gasteiger charge is 2.35. The first-order chi connectivity index (χ1) is 8.78. The fraction of sp³-hybridized carbons (Fsp3) is 0.500. The van der Waals surface area contributed by atoms with Crippen LogP contribution in [0.2, 0.25) is 0 Å². The number of rotatable bonds is 5. The average molecular weight is 283 g/mol. The first-order valence-corrected chi connectivity index (χ1v) is 6.72. The Kier molecular flexibility index (Phi) is 4.77. The molecule has 7 heteroatoms. The number of carbonyl (C=O) groups excluding carboxylic acids is 2. The number of nitrogen functional groups attached to an aromatic ring is 1. The minimum atomic E-state index is -1.05. The fourth-order valence-electron chi connectivity index (χ4n) is 1.28. The van der Waals surface area contributed by atoms with Crippen molar-refractivity contribution in [1.82, 2.24) is 4.98 Å². The van der Waals surface area contributed by atoms with Gasteiger partial charge in [-0.3, -0.25) is 15.0 Å². The van der Waals surface area contributed by atoms with Gasteiger partial charge in [0.2, 0.25) is 0 Å². The second-order valence-corrected chi connectivity index (χ2v) is 5.45. The van der Waals surface area contributed by atoms with E-state index in [4.69, 9.17) is 15.9 Å². The lowest BCUT2D eigenvalue weighted by Gasteiger charge is -2.19. The molecule has 3 N–H and O–H groups in total. The Morgan fingerprint density at radius 1 is 1.53 bits per heavy atom. The van der Waals surface area contributed by atoms with Crippen LogP contribution in [0.5, 0.6) is 0 Å². The second-order valence-electron chi connectivity index (χ2n) is 4.59. The molecule has 1 aromatic heterocycles. The van der Waals surface area contributed by atoms with E-state index in [1.54, 1.807) is 19.2 Å². The van der Waals surface area contributed by atoms with Gasteiger partial charge in [0.05, 0.1) is 5.69 Å². The van der Waals surface area contributed by atoms with Crippen molar-refractivity contribution >= 4 is 29.1 Å². The molecule has 0 bridgehead atoms. The van der Waals surface area contributed by atoms with Gasteiger partial charge in [0.1, 0.15) is 5.41 Å². The summed E-state index contributed by atoms with van der Waals surface area (Å²) in [5.41, 5.74) is 4.72. The number of nitrogens with zero attached hydrogens (tertiary/aromatic N) is 1. The Morgan fingerprint density at radius 3 is 2.63 bits per heavy atom. The lowest BCUT2D eigenvalue weighted by molar-refractivity contribution is -0.163. The highest BCUT2D eigenvalue weighted by molar-refractivity contribution is 7.11. The third kappa shape index (κ3) is 3.60. The molecule has 104 valence electrons. The smallest absolute Gasteiger partial charge is 0.325 e. The van der Waals surface area contributed by atoms with Gasteiger partial charge in [-0.1, -0.05) is 6.92 Å². The molecule has 0 spiro atoms. The van der Waals surface area contributed by atoms with Crippen molar-refractivity contribution in [2.24, 2.45) is 5.73 Å². The molecule has 0 aromatic carbocycles. The van der Waals surface area contributed by atoms with E-state index in [1.807, 2.05) is 6.92 Å². The summed E-state index contributed by atoms with van der Waals surface area (Å²) in [4.78, 5) is 27.4. The van der Waals surface area contributed by atoms with E-state index in [0.29, 0.717) is 17.1 Å². The van der Waals surface area contributed by atoms with Crippen molar-refractivity contribution < 1.29 is 14.3 Å². The van der Waals surface area contributed by atoms with E-state index in [-0.39, 0.29) is 12.3 Å². The van der Waals surface area contributed by atoms with E-state index in [2.05, 4.69) is 4.98 Å². The van der Waals surface area contributed by atoms with Crippen molar-refractivity contribution in [3.63, 3.8) is 0 Å². The van der Waals surface area contributed by atoms with Gasteiger partial charge in [-0.05, 0) is 20.3 Å². The predicted octanol–water partition coefficient (Wildman–Crippen LogP) is 1.57. The molecule has 0 aliphatic heterocycles. The van der Waals surface area contributed by atoms with Crippen LogP contribution in [0.15, 0.2) is 5.38 Å². The van der Waals surface area contributed by atoms with Crippen LogP contribution in [0.1, 0.15) is 44.3 Å². The van der Waals surface area contributed by atoms with E-state index in [1.165, 1.54) is 11.3 Å². The number of esters is 2. The van der Waals surface area contributed by atoms with Gasteiger partial charge in [0.25, 0.3) is 0 Å². The summed E-state index contributed by atoms with van der Waals surface area (Å²) >= 11 is 1.18. The Hall–Kier alpha value is -1.76. The number of nitrogens with two attached hydrogens (primary N) is 1. The molecular formula is C12H17N3O3S. The Bertz CT molecular complexity index is 508. The number of hydrogen-bond acceptors (Lipinski definition) is 6. The predicted molar refractivity (Wildman–Crippen MR) is 72.2 cm³/mol. The number of nitrogens with one attached hydrogen (secondary N) is 1. The van der Waals surface area contributed by atoms with Gasteiger partial charge in [0, 0.05) is 11.8 Å². The molecule has 0 amide bonds. The number of aromatic nitrogens is 1. The summed E-state index contributed by atoms with van der Waals surface area (Å²) in [7, 11) is 0. The van der Waals surface area contributed by atoms with Gasteiger partial charge in [-0.15, -0.1) is 11.3 Å². The topological polar surface area (TPSA) is 106 Å². The third-order valence-corrected chi connectivity index (χ3v) is 3.42. The molecule has 0 aliphatic rings. The molecule has 0 unspecified atom stereocenters. The maximum absolute atomic E-state index is 12.0. The van der Waals surface area contributed by atoms with Gasteiger partial charge in [-0.2, -0.15) is 0 Å². The molecule has 0 radical (unpaired) electrons. The molecule has 1 rings (SSSR count). The van der Waals surface area contributed by atoms with Gasteiger partial charge < -0.3 is 10.5 Å². The van der Waals surface area contributed by atoms with Crippen LogP contribution in [-0.4, -0.2) is 22.8 Å². The highest BCUT2D eigenvalue weighted by atomic mass is 32.1. The SMILES string of the molecule is CCCC(=O)OC(=O)C(C)(C)c1csc(C(=N)N)n1. The second kappa shape index (κ2) is 5.92. The summed E-state index contributed by atoms with van der Waals surface area (Å²) in [5.74, 6) is -1.34. The Labute approximate surface area is 115 Å². The summed E-state index contributed by atoms with van der Waals surface area (Å²) in [6.45, 7) is 5.07. The van der Waals surface area contributed by atoms with Crippen molar-refractivity contribution in [1.29, 1.82) is 5.41 Å². The van der Waals surface area contributed by atoms with Crippen LogP contribution >= 0.6 is 11.3 Å². The molecule has 1 heterocycles. The van der Waals surface area contributed by atoms with Crippen LogP contribution in [0, 0.1) is 5.41 Å². The maximum atomic E-state index is 12.0. The van der Waals surface area contributed by atoms with Crippen molar-refractivity contribution in [3.8, 4) is 0 Å². The number of ether oxygens (including phenoxy) is 1. The maximum Gasteiger partial charge on any atom is 0.325 e. The van der Waals surface area contributed by atoms with E-state index < -0.39 is 17.4 Å². The van der Waals surface area contributed by atoms with E-state index in [9.17, 15) is 9.59 Å². The van der Waals surface area contributed by atoms with Crippen LogP contribution in [0.3, 0.4) is 0 Å². The molecule has 0 fully saturated rings. The quantitative estimate of drug-likeness (QED) is 0.369. The minimum Gasteiger partial charge on any atom is -0.392 e. The van der Waals surface area contributed by atoms with E-state index in [0.717, 1.165) is 0 Å². The standard InChI is InChI=1S/C12H17N3O3S/c1-4-5-8(16)18-11(17)12(2,3)7-6-19-10(15-7)9(13)14/h6H,4-5H2,1-3H3,(H3,13,14).